The molecular weight excluding hydrogens is 263 g/mol. The third kappa shape index (κ3) is 4.32. The van der Waals surface area contributed by atoms with Gasteiger partial charge in [-0.2, -0.15) is 13.2 Å². The van der Waals surface area contributed by atoms with Gasteiger partial charge in [-0.3, -0.25) is 9.69 Å². The minimum Gasteiger partial charge on any atom is -0.378 e. The van der Waals surface area contributed by atoms with Gasteiger partial charge in [-0.25, -0.2) is 0 Å². The lowest BCUT2D eigenvalue weighted by atomic mass is 10.1. The third-order valence-electron chi connectivity index (χ3n) is 2.90. The maximum atomic E-state index is 12.9. The van der Waals surface area contributed by atoms with Crippen LogP contribution in [0.1, 0.15) is 13.8 Å². The summed E-state index contributed by atoms with van der Waals surface area (Å²) in [6.45, 7) is 3.07. The Morgan fingerprint density at radius 2 is 2.16 bits per heavy atom. The van der Waals surface area contributed by atoms with Crippen LogP contribution in [-0.2, 0) is 9.53 Å². The zero-order chi connectivity index (χ0) is 14.6. The van der Waals surface area contributed by atoms with Gasteiger partial charge in [0.1, 0.15) is 12.1 Å². The number of hydrogen-bond acceptors (Lipinski definition) is 4. The van der Waals surface area contributed by atoms with E-state index in [2.05, 4.69) is 5.32 Å². The Balaban J connectivity index is 2.85. The first-order valence-corrected chi connectivity index (χ1v) is 6.18. The molecule has 0 saturated carbocycles. The molecule has 1 aliphatic heterocycles. The van der Waals surface area contributed by atoms with Crippen molar-refractivity contribution in [1.82, 2.24) is 10.2 Å². The molecule has 2 unspecified atom stereocenters. The van der Waals surface area contributed by atoms with E-state index in [0.29, 0.717) is 0 Å². The van der Waals surface area contributed by atoms with Crippen molar-refractivity contribution >= 4 is 5.91 Å². The zero-order valence-electron chi connectivity index (χ0n) is 11.0. The van der Waals surface area contributed by atoms with Gasteiger partial charge in [0.05, 0.1) is 13.2 Å². The lowest BCUT2D eigenvalue weighted by Gasteiger charge is -2.40. The second kappa shape index (κ2) is 6.53. The fourth-order valence-corrected chi connectivity index (χ4v) is 2.05. The van der Waals surface area contributed by atoms with E-state index >= 15 is 0 Å². The average molecular weight is 283 g/mol. The predicted molar refractivity (Wildman–Crippen MR) is 63.5 cm³/mol. The summed E-state index contributed by atoms with van der Waals surface area (Å²) >= 11 is 0. The lowest BCUT2D eigenvalue weighted by molar-refractivity contribution is -0.198. The van der Waals surface area contributed by atoms with Crippen molar-refractivity contribution in [3.05, 3.63) is 0 Å². The van der Waals surface area contributed by atoms with Crippen LogP contribution in [0.25, 0.3) is 0 Å². The first-order chi connectivity index (χ1) is 8.77. The highest BCUT2D eigenvalue weighted by molar-refractivity contribution is 5.82. The molecule has 0 aromatic carbocycles. The van der Waals surface area contributed by atoms with E-state index in [1.807, 2.05) is 0 Å². The van der Waals surface area contributed by atoms with E-state index in [1.165, 1.54) is 0 Å². The van der Waals surface area contributed by atoms with Gasteiger partial charge in [0, 0.05) is 19.1 Å². The van der Waals surface area contributed by atoms with Crippen LogP contribution in [-0.4, -0.2) is 61.4 Å². The zero-order valence-corrected chi connectivity index (χ0v) is 11.0. The van der Waals surface area contributed by atoms with Crippen molar-refractivity contribution in [2.75, 3.05) is 26.3 Å². The summed E-state index contributed by atoms with van der Waals surface area (Å²) in [4.78, 5) is 13.0. The molecular formula is C11H20F3N3O2. The van der Waals surface area contributed by atoms with Crippen LogP contribution >= 0.6 is 0 Å². The number of hydrogen-bond donors (Lipinski definition) is 2. The molecule has 0 bridgehead atoms. The molecule has 5 nitrogen and oxygen atoms in total. The monoisotopic (exact) mass is 283 g/mol. The first-order valence-electron chi connectivity index (χ1n) is 6.18. The first kappa shape index (κ1) is 16.2. The van der Waals surface area contributed by atoms with Gasteiger partial charge in [0.2, 0.25) is 5.91 Å². The summed E-state index contributed by atoms with van der Waals surface area (Å²) in [5, 5.41) is 2.60. The average Bonchev–Trinajstić information content (AvgIpc) is 2.27. The highest BCUT2D eigenvalue weighted by Gasteiger charge is 2.47. The topological polar surface area (TPSA) is 67.6 Å². The Labute approximate surface area is 110 Å². The van der Waals surface area contributed by atoms with Gasteiger partial charge in [0.15, 0.2) is 0 Å². The fourth-order valence-electron chi connectivity index (χ4n) is 2.05. The molecule has 3 N–H and O–H groups in total. The highest BCUT2D eigenvalue weighted by Crippen LogP contribution is 2.27. The van der Waals surface area contributed by atoms with Crippen LogP contribution in [0.5, 0.6) is 0 Å². The number of nitrogens with one attached hydrogen (secondary N) is 1. The smallest absolute Gasteiger partial charge is 0.378 e. The Morgan fingerprint density at radius 3 is 2.63 bits per heavy atom. The van der Waals surface area contributed by atoms with E-state index in [0.717, 1.165) is 4.90 Å². The Kier molecular flexibility index (Phi) is 5.57. The van der Waals surface area contributed by atoms with Gasteiger partial charge in [-0.05, 0) is 13.8 Å². The molecule has 0 aromatic rings. The summed E-state index contributed by atoms with van der Waals surface area (Å²) in [6.07, 6.45) is -4.46. The minimum atomic E-state index is -4.46. The van der Waals surface area contributed by atoms with Gasteiger partial charge >= 0.3 is 6.18 Å². The van der Waals surface area contributed by atoms with Crippen molar-refractivity contribution in [1.29, 1.82) is 0 Å². The van der Waals surface area contributed by atoms with E-state index in [9.17, 15) is 18.0 Å². The number of halogens is 3. The molecule has 1 aliphatic rings. The molecule has 2 atom stereocenters. The summed E-state index contributed by atoms with van der Waals surface area (Å²) in [7, 11) is 0. The van der Waals surface area contributed by atoms with Crippen LogP contribution in [0.2, 0.25) is 0 Å². The lowest BCUT2D eigenvalue weighted by Crippen LogP contribution is -2.63. The highest BCUT2D eigenvalue weighted by atomic mass is 19.4. The number of amides is 1. The van der Waals surface area contributed by atoms with Gasteiger partial charge in [-0.15, -0.1) is 0 Å². The number of morpholine rings is 1. The van der Waals surface area contributed by atoms with Crippen molar-refractivity contribution in [2.24, 2.45) is 5.73 Å². The second-order valence-corrected chi connectivity index (χ2v) is 4.78. The van der Waals surface area contributed by atoms with E-state index in [1.54, 1.807) is 13.8 Å². The van der Waals surface area contributed by atoms with Crippen molar-refractivity contribution in [2.45, 2.75) is 38.1 Å². The van der Waals surface area contributed by atoms with Crippen LogP contribution < -0.4 is 11.1 Å². The van der Waals surface area contributed by atoms with Crippen LogP contribution in [0, 0.1) is 0 Å². The molecule has 1 rings (SSSR count). The number of rotatable bonds is 4. The second-order valence-electron chi connectivity index (χ2n) is 4.78. The van der Waals surface area contributed by atoms with E-state index in [4.69, 9.17) is 10.5 Å². The van der Waals surface area contributed by atoms with Crippen LogP contribution in [0.3, 0.4) is 0 Å². The van der Waals surface area contributed by atoms with Crippen molar-refractivity contribution in [3.63, 3.8) is 0 Å². The van der Waals surface area contributed by atoms with E-state index in [-0.39, 0.29) is 25.8 Å². The minimum absolute atomic E-state index is 0.0392. The molecule has 1 fully saturated rings. The summed E-state index contributed by atoms with van der Waals surface area (Å²) in [6, 6.07) is -2.91. The van der Waals surface area contributed by atoms with Gasteiger partial charge in [-0.1, -0.05) is 0 Å². The van der Waals surface area contributed by atoms with Crippen LogP contribution in [0.15, 0.2) is 0 Å². The third-order valence-corrected chi connectivity index (χ3v) is 2.90. The van der Waals surface area contributed by atoms with Gasteiger partial charge < -0.3 is 15.8 Å². The predicted octanol–water partition coefficient (Wildman–Crippen LogP) is 0.101. The summed E-state index contributed by atoms with van der Waals surface area (Å²) < 4.78 is 43.8. The van der Waals surface area contributed by atoms with Crippen molar-refractivity contribution < 1.29 is 22.7 Å². The van der Waals surface area contributed by atoms with E-state index < -0.39 is 30.7 Å². The Morgan fingerprint density at radius 1 is 1.53 bits per heavy atom. The maximum Gasteiger partial charge on any atom is 0.405 e. The molecule has 1 amide bonds. The maximum absolute atomic E-state index is 12.9. The SMILES string of the molecule is CC(C)NC(=O)C1COCCN1C(CN)C(F)(F)F. The van der Waals surface area contributed by atoms with Crippen molar-refractivity contribution in [3.8, 4) is 0 Å². The number of alkyl halides is 3. The molecule has 0 radical (unpaired) electrons. The summed E-state index contributed by atoms with van der Waals surface area (Å²) in [5.74, 6) is -0.461. The standard InChI is InChI=1S/C11H20F3N3O2/c1-7(2)16-10(18)8-6-19-4-3-17(8)9(5-15)11(12,13)14/h7-9H,3-6,15H2,1-2H3,(H,16,18). The molecule has 0 aliphatic carbocycles. The molecule has 0 spiro atoms. The number of carbonyl (C=O) groups excluding carboxylic acids is 1. The molecule has 19 heavy (non-hydrogen) atoms. The fraction of sp³-hybridized carbons (Fsp3) is 0.909. The number of carbonyl (C=O) groups is 1. The molecule has 0 aromatic heterocycles. The Bertz CT molecular complexity index is 310. The molecule has 1 heterocycles. The number of nitrogens with zero attached hydrogens (tertiary/aromatic N) is 1. The largest absolute Gasteiger partial charge is 0.405 e. The quantitative estimate of drug-likeness (QED) is 0.768. The normalized spacial score (nSPS) is 23.4. The summed E-state index contributed by atoms with van der Waals surface area (Å²) in [5.41, 5.74) is 5.22. The number of nitrogens with two attached hydrogens (primary N) is 1. The molecule has 8 heteroatoms. The van der Waals surface area contributed by atoms with Crippen LogP contribution in [0.4, 0.5) is 13.2 Å². The molecule has 112 valence electrons. The molecule has 1 saturated heterocycles. The number of ether oxygens (including phenoxy) is 1. The van der Waals surface area contributed by atoms with Gasteiger partial charge in [0.25, 0.3) is 0 Å². The Hall–Kier alpha value is -0.860.